The summed E-state index contributed by atoms with van der Waals surface area (Å²) in [5, 5.41) is 0. The molecule has 0 fully saturated rings. The summed E-state index contributed by atoms with van der Waals surface area (Å²) in [5.74, 6) is 0. The fourth-order valence-electron chi connectivity index (χ4n) is 6.57. The van der Waals surface area contributed by atoms with Gasteiger partial charge in [-0.05, 0) is 44.8 Å². The number of fused-ring (bicyclic) bond motifs is 3. The van der Waals surface area contributed by atoms with Crippen LogP contribution in [0.3, 0.4) is 0 Å². The molecule has 1 aliphatic carbocycles. The molecule has 0 saturated carbocycles. The van der Waals surface area contributed by atoms with E-state index < -0.39 is 5.41 Å². The first-order valence-electron chi connectivity index (χ1n) is 16.4. The van der Waals surface area contributed by atoms with Crippen LogP contribution in [0.4, 0.5) is 0 Å². The summed E-state index contributed by atoms with van der Waals surface area (Å²) in [6, 6.07) is 43.4. The number of rotatable bonds is 6. The Morgan fingerprint density at radius 2 is 1.31 bits per heavy atom. The molecule has 4 aromatic carbocycles. The van der Waals surface area contributed by atoms with Crippen LogP contribution in [0.25, 0.3) is 28.0 Å². The van der Waals surface area contributed by atoms with Crippen LogP contribution in [0.15, 0.2) is 126 Å². The van der Waals surface area contributed by atoms with Gasteiger partial charge >= 0.3 is 0 Å². The molecule has 1 aromatic heterocycles. The second-order valence-electron chi connectivity index (χ2n) is 14.5. The van der Waals surface area contributed by atoms with Crippen LogP contribution < -0.4 is 0 Å². The minimum absolute atomic E-state index is 0. The van der Waals surface area contributed by atoms with E-state index in [4.69, 9.17) is 9.98 Å². The number of nitrogens with zero attached hydrogens (tertiary/aromatic N) is 2. The van der Waals surface area contributed by atoms with E-state index in [0.29, 0.717) is 0 Å². The number of aromatic nitrogens is 1. The zero-order chi connectivity index (χ0) is 33.4. The molecule has 0 bridgehead atoms. The summed E-state index contributed by atoms with van der Waals surface area (Å²) >= 11 is 0. The number of aliphatic imine (C=N–C) groups is 1. The Morgan fingerprint density at radius 1 is 0.729 bits per heavy atom. The first kappa shape index (κ1) is 35.1. The number of pyridine rings is 1. The molecular formula is C45H43N2Pt-3. The summed E-state index contributed by atoms with van der Waals surface area (Å²) in [5.41, 5.74) is 12.3. The first-order chi connectivity index (χ1) is 22.4. The van der Waals surface area contributed by atoms with Gasteiger partial charge in [-0.3, -0.25) is 0 Å². The molecule has 0 amide bonds. The molecule has 3 heteroatoms. The standard InChI is InChI=1S/C45H43N2.Pt/c1-31(32-23-27-34(28-24-32)43(2,3)4)15-13-21-41(46-8)45(38-18-11-9-16-36(38)37-17-10-12-19-39(37)45)42-22-14-20-40(47-42)33-25-29-35(30-26-33)44(5,6)7;/h9-23,25,27-30H,8H2,1-7H3;/q-3;/b21-13-,31-15+,46-41?;. The van der Waals surface area contributed by atoms with Gasteiger partial charge in [0.25, 0.3) is 0 Å². The van der Waals surface area contributed by atoms with Crippen molar-refractivity contribution < 1.29 is 21.1 Å². The third-order valence-electron chi connectivity index (χ3n) is 9.30. The predicted molar refractivity (Wildman–Crippen MR) is 199 cm³/mol. The van der Waals surface area contributed by atoms with Crippen molar-refractivity contribution in [1.29, 1.82) is 0 Å². The first-order valence-corrected chi connectivity index (χ1v) is 16.4. The normalized spacial score (nSPS) is 14.4. The van der Waals surface area contributed by atoms with Crippen LogP contribution in [-0.4, -0.2) is 10.7 Å². The minimum atomic E-state index is -0.755. The van der Waals surface area contributed by atoms with Gasteiger partial charge in [0, 0.05) is 32.2 Å². The summed E-state index contributed by atoms with van der Waals surface area (Å²) in [6.45, 7) is 15.5. The van der Waals surface area contributed by atoms with Crippen molar-refractivity contribution >= 4 is 11.3 Å². The largest absolute Gasteiger partial charge is 0.452 e. The van der Waals surface area contributed by atoms with Gasteiger partial charge in [0.15, 0.2) is 0 Å². The van der Waals surface area contributed by atoms with E-state index >= 15 is 0 Å². The Balaban J connectivity index is 0.00000451. The van der Waals surface area contributed by atoms with Crippen LogP contribution in [0, 0.1) is 19.2 Å². The van der Waals surface area contributed by atoms with Crippen LogP contribution in [0.1, 0.15) is 82.0 Å². The second-order valence-corrected chi connectivity index (χ2v) is 14.5. The Kier molecular flexibility index (Phi) is 10.0. The zero-order valence-corrected chi connectivity index (χ0v) is 31.2. The second kappa shape index (κ2) is 13.7. The molecule has 0 aliphatic heterocycles. The molecule has 2 nitrogen and oxygen atoms in total. The Hall–Kier alpha value is -4.26. The van der Waals surface area contributed by atoms with Gasteiger partial charge < -0.3 is 9.98 Å². The number of benzene rings is 4. The van der Waals surface area contributed by atoms with Crippen molar-refractivity contribution in [3.63, 3.8) is 0 Å². The van der Waals surface area contributed by atoms with E-state index in [2.05, 4.69) is 189 Å². The van der Waals surface area contributed by atoms with E-state index in [-0.39, 0.29) is 31.9 Å². The molecule has 0 saturated heterocycles. The van der Waals surface area contributed by atoms with Gasteiger partial charge in [0.1, 0.15) is 0 Å². The third kappa shape index (κ3) is 6.44. The Morgan fingerprint density at radius 3 is 1.83 bits per heavy atom. The average molecular weight is 807 g/mol. The molecule has 246 valence electrons. The maximum Gasteiger partial charge on any atom is 0.0384 e. The van der Waals surface area contributed by atoms with Gasteiger partial charge in [-0.25, -0.2) is 0 Å². The van der Waals surface area contributed by atoms with E-state index in [1.54, 1.807) is 0 Å². The topological polar surface area (TPSA) is 25.2 Å². The van der Waals surface area contributed by atoms with E-state index in [9.17, 15) is 0 Å². The van der Waals surface area contributed by atoms with Gasteiger partial charge in [0.05, 0.1) is 0 Å². The van der Waals surface area contributed by atoms with Gasteiger partial charge in [0.2, 0.25) is 0 Å². The summed E-state index contributed by atoms with van der Waals surface area (Å²) < 4.78 is 0. The van der Waals surface area contributed by atoms with Crippen LogP contribution >= 0.6 is 0 Å². The van der Waals surface area contributed by atoms with Gasteiger partial charge in [-0.15, -0.1) is 88.5 Å². The fraction of sp³-hybridized carbons (Fsp3) is 0.222. The smallest absolute Gasteiger partial charge is 0.0384 e. The molecular weight excluding hydrogens is 764 g/mol. The fourth-order valence-corrected chi connectivity index (χ4v) is 6.57. The number of hydrogen-bond donors (Lipinski definition) is 0. The molecule has 48 heavy (non-hydrogen) atoms. The zero-order valence-electron chi connectivity index (χ0n) is 29.0. The summed E-state index contributed by atoms with van der Waals surface area (Å²) in [4.78, 5) is 10.1. The average Bonchev–Trinajstić information content (AvgIpc) is 3.37. The molecule has 0 spiro atoms. The summed E-state index contributed by atoms with van der Waals surface area (Å²) in [6.07, 6.45) is 6.31. The Bertz CT molecular complexity index is 1950. The van der Waals surface area contributed by atoms with Crippen LogP contribution in [0.2, 0.25) is 0 Å². The molecule has 0 N–H and O–H groups in total. The third-order valence-corrected chi connectivity index (χ3v) is 9.30. The summed E-state index contributed by atoms with van der Waals surface area (Å²) in [7, 11) is 4.12. The van der Waals surface area contributed by atoms with Crippen LogP contribution in [-0.2, 0) is 37.3 Å². The van der Waals surface area contributed by atoms with Crippen molar-refractivity contribution in [2.45, 2.75) is 64.7 Å². The quantitative estimate of drug-likeness (QED) is 0.0953. The number of hydrogen-bond acceptors (Lipinski definition) is 2. The molecule has 0 atom stereocenters. The minimum Gasteiger partial charge on any atom is -0.452 e. The van der Waals surface area contributed by atoms with Crippen LogP contribution in [0.5, 0.6) is 0 Å². The predicted octanol–water partition coefficient (Wildman–Crippen LogP) is 11.1. The molecule has 1 heterocycles. The monoisotopic (exact) mass is 806 g/mol. The molecule has 5 aromatic rings. The SMILES string of the molecule is [CH2-]N=C(/C=C\C=C(/C)c1[c-]cc(C(C)(C)C)cc1)C1(c2cccc(-c3[c-]cc(C(C)(C)C)cc3)n2)c2ccccc2-c2ccccc21.[Pt]. The van der Waals surface area contributed by atoms with E-state index in [0.717, 1.165) is 44.9 Å². The Labute approximate surface area is 302 Å². The molecule has 6 rings (SSSR count). The van der Waals surface area contributed by atoms with Gasteiger partial charge in [-0.1, -0.05) is 121 Å². The molecule has 0 unspecified atom stereocenters. The van der Waals surface area contributed by atoms with Crippen molar-refractivity contribution in [1.82, 2.24) is 4.98 Å². The van der Waals surface area contributed by atoms with E-state index in [1.165, 1.54) is 22.3 Å². The van der Waals surface area contributed by atoms with Crippen molar-refractivity contribution in [2.24, 2.45) is 4.99 Å². The van der Waals surface area contributed by atoms with Crippen molar-refractivity contribution in [3.8, 4) is 22.4 Å². The maximum absolute atomic E-state index is 5.38. The number of allylic oxidation sites excluding steroid dienone is 4. The van der Waals surface area contributed by atoms with Gasteiger partial charge in [-0.2, -0.15) is 7.05 Å². The van der Waals surface area contributed by atoms with Crippen molar-refractivity contribution in [3.05, 3.63) is 174 Å². The van der Waals surface area contributed by atoms with E-state index in [1.807, 2.05) is 0 Å². The maximum atomic E-state index is 5.38. The molecule has 0 radical (unpaired) electrons. The molecule has 1 aliphatic rings. The van der Waals surface area contributed by atoms with Crippen molar-refractivity contribution in [2.75, 3.05) is 0 Å².